The van der Waals surface area contributed by atoms with Gasteiger partial charge in [0.25, 0.3) is 0 Å². The van der Waals surface area contributed by atoms with Gasteiger partial charge < -0.3 is 15.2 Å². The summed E-state index contributed by atoms with van der Waals surface area (Å²) >= 11 is 0. The summed E-state index contributed by atoms with van der Waals surface area (Å²) in [5, 5.41) is 0. The summed E-state index contributed by atoms with van der Waals surface area (Å²) in [6.45, 7) is 5.81. The number of carbonyl (C=O) groups excluding carboxylic acids is 2. The van der Waals surface area contributed by atoms with Crippen LogP contribution in [0.3, 0.4) is 0 Å². The molecule has 0 aliphatic carbocycles. The van der Waals surface area contributed by atoms with Crippen LogP contribution in [-0.2, 0) is 14.3 Å². The second kappa shape index (κ2) is 8.79. The average Bonchev–Trinajstić information content (AvgIpc) is 2.46. The zero-order valence-electron chi connectivity index (χ0n) is 12.3. The van der Waals surface area contributed by atoms with E-state index in [1.807, 2.05) is 0 Å². The average molecular weight is 291 g/mol. The Labute approximate surface area is 124 Å². The fourth-order valence-electron chi connectivity index (χ4n) is 1.54. The lowest BCUT2D eigenvalue weighted by atomic mass is 10.2. The van der Waals surface area contributed by atoms with Crippen molar-refractivity contribution in [2.45, 2.75) is 26.2 Å². The molecule has 0 amide bonds. The van der Waals surface area contributed by atoms with E-state index in [1.165, 1.54) is 0 Å². The normalized spacial score (nSPS) is 9.95. The zero-order chi connectivity index (χ0) is 15.7. The smallest absolute Gasteiger partial charge is 0.338 e. The second-order valence-corrected chi connectivity index (χ2v) is 4.73. The summed E-state index contributed by atoms with van der Waals surface area (Å²) < 4.78 is 10.1. The van der Waals surface area contributed by atoms with Crippen LogP contribution in [0.5, 0.6) is 0 Å². The van der Waals surface area contributed by atoms with Crippen molar-refractivity contribution in [3.8, 4) is 0 Å². The molecule has 114 valence electrons. The van der Waals surface area contributed by atoms with Gasteiger partial charge in [0.2, 0.25) is 0 Å². The minimum Gasteiger partial charge on any atom is -0.462 e. The van der Waals surface area contributed by atoms with E-state index in [1.54, 1.807) is 31.2 Å². The van der Waals surface area contributed by atoms with Gasteiger partial charge in [-0.05, 0) is 50.5 Å². The molecule has 1 rings (SSSR count). The van der Waals surface area contributed by atoms with Crippen LogP contribution in [0.25, 0.3) is 0 Å². The Morgan fingerprint density at radius 1 is 1.05 bits per heavy atom. The number of unbranched alkanes of at least 4 members (excludes halogenated alkanes) is 2. The Balaban J connectivity index is 2.09. The number of ether oxygens (including phenoxy) is 2. The third-order valence-electron chi connectivity index (χ3n) is 2.75. The number of benzene rings is 1. The number of nitrogen functional groups attached to an aromatic ring is 1. The van der Waals surface area contributed by atoms with Crippen LogP contribution in [0.15, 0.2) is 36.4 Å². The first kappa shape index (κ1) is 16.8. The summed E-state index contributed by atoms with van der Waals surface area (Å²) in [6, 6.07) is 6.59. The first-order chi connectivity index (χ1) is 10.0. The lowest BCUT2D eigenvalue weighted by Crippen LogP contribution is -2.08. The molecule has 5 nitrogen and oxygen atoms in total. The maximum atomic E-state index is 11.7. The first-order valence-corrected chi connectivity index (χ1v) is 6.86. The molecule has 0 aromatic heterocycles. The van der Waals surface area contributed by atoms with Gasteiger partial charge in [-0.1, -0.05) is 6.58 Å². The Kier molecular flexibility index (Phi) is 7.01. The van der Waals surface area contributed by atoms with Crippen molar-refractivity contribution < 1.29 is 19.1 Å². The highest BCUT2D eigenvalue weighted by molar-refractivity contribution is 5.89. The third kappa shape index (κ3) is 6.61. The lowest BCUT2D eigenvalue weighted by Gasteiger charge is -2.06. The molecular weight excluding hydrogens is 270 g/mol. The predicted molar refractivity (Wildman–Crippen MR) is 80.8 cm³/mol. The minimum atomic E-state index is -0.371. The molecular formula is C16H21NO4. The molecule has 0 unspecified atom stereocenters. The van der Waals surface area contributed by atoms with Gasteiger partial charge in [-0.25, -0.2) is 9.59 Å². The minimum absolute atomic E-state index is 0.345. The van der Waals surface area contributed by atoms with Crippen LogP contribution in [0, 0.1) is 0 Å². The zero-order valence-corrected chi connectivity index (χ0v) is 12.3. The van der Waals surface area contributed by atoms with Crippen LogP contribution < -0.4 is 5.73 Å². The molecule has 1 aromatic rings. The Morgan fingerprint density at radius 3 is 2.19 bits per heavy atom. The van der Waals surface area contributed by atoms with E-state index in [-0.39, 0.29) is 11.9 Å². The number of anilines is 1. The Bertz CT molecular complexity index is 494. The molecule has 0 atom stereocenters. The Morgan fingerprint density at radius 2 is 1.62 bits per heavy atom. The number of esters is 2. The number of nitrogens with two attached hydrogens (primary N) is 1. The summed E-state index contributed by atoms with van der Waals surface area (Å²) in [4.78, 5) is 22.8. The molecule has 0 radical (unpaired) electrons. The van der Waals surface area contributed by atoms with Crippen molar-refractivity contribution in [2.24, 2.45) is 0 Å². The molecule has 1 aromatic carbocycles. The molecule has 0 saturated heterocycles. The maximum absolute atomic E-state index is 11.7. The van der Waals surface area contributed by atoms with Crippen LogP contribution in [0.4, 0.5) is 5.69 Å². The van der Waals surface area contributed by atoms with Gasteiger partial charge in [0, 0.05) is 11.3 Å². The monoisotopic (exact) mass is 291 g/mol. The fourth-order valence-corrected chi connectivity index (χ4v) is 1.54. The molecule has 0 spiro atoms. The molecule has 21 heavy (non-hydrogen) atoms. The Hall–Kier alpha value is -2.30. The molecule has 0 heterocycles. The van der Waals surface area contributed by atoms with Crippen molar-refractivity contribution in [1.29, 1.82) is 0 Å². The molecule has 0 aliphatic rings. The summed E-state index contributed by atoms with van der Waals surface area (Å²) in [5.41, 5.74) is 7.03. The predicted octanol–water partition coefficient (Wildman–Crippen LogP) is 2.72. The van der Waals surface area contributed by atoms with Gasteiger partial charge in [0.1, 0.15) is 0 Å². The van der Waals surface area contributed by atoms with Gasteiger partial charge in [0.15, 0.2) is 0 Å². The van der Waals surface area contributed by atoms with Gasteiger partial charge >= 0.3 is 11.9 Å². The number of carbonyl (C=O) groups is 2. The van der Waals surface area contributed by atoms with Crippen molar-refractivity contribution in [2.75, 3.05) is 18.9 Å². The standard InChI is InChI=1S/C16H21NO4/c1-12(2)15(18)20-10-4-3-5-11-21-16(19)13-6-8-14(17)9-7-13/h6-9H,1,3-5,10-11,17H2,2H3. The van der Waals surface area contributed by atoms with Crippen LogP contribution in [0.2, 0.25) is 0 Å². The highest BCUT2D eigenvalue weighted by Gasteiger charge is 2.06. The molecule has 5 heteroatoms. The van der Waals surface area contributed by atoms with Crippen molar-refractivity contribution in [3.63, 3.8) is 0 Å². The van der Waals surface area contributed by atoms with Crippen molar-refractivity contribution >= 4 is 17.6 Å². The van der Waals surface area contributed by atoms with E-state index in [9.17, 15) is 9.59 Å². The van der Waals surface area contributed by atoms with E-state index in [0.717, 1.165) is 19.3 Å². The summed E-state index contributed by atoms with van der Waals surface area (Å²) in [7, 11) is 0. The van der Waals surface area contributed by atoms with Crippen LogP contribution in [0.1, 0.15) is 36.5 Å². The molecule has 0 aliphatic heterocycles. The topological polar surface area (TPSA) is 78.6 Å². The second-order valence-electron chi connectivity index (χ2n) is 4.73. The summed E-state index contributed by atoms with van der Waals surface area (Å²) in [6.07, 6.45) is 2.28. The quantitative estimate of drug-likeness (QED) is 0.345. The largest absolute Gasteiger partial charge is 0.462 e. The van der Waals surface area contributed by atoms with E-state index < -0.39 is 0 Å². The van der Waals surface area contributed by atoms with Crippen LogP contribution >= 0.6 is 0 Å². The maximum Gasteiger partial charge on any atom is 0.338 e. The van der Waals surface area contributed by atoms with E-state index in [4.69, 9.17) is 15.2 Å². The number of hydrogen-bond acceptors (Lipinski definition) is 5. The third-order valence-corrected chi connectivity index (χ3v) is 2.75. The lowest BCUT2D eigenvalue weighted by molar-refractivity contribution is -0.139. The van der Waals surface area contributed by atoms with Gasteiger partial charge in [-0.3, -0.25) is 0 Å². The fraction of sp³-hybridized carbons (Fsp3) is 0.375. The van der Waals surface area contributed by atoms with E-state index in [2.05, 4.69) is 6.58 Å². The van der Waals surface area contributed by atoms with E-state index >= 15 is 0 Å². The van der Waals surface area contributed by atoms with Gasteiger partial charge in [0.05, 0.1) is 18.8 Å². The molecule has 0 saturated carbocycles. The van der Waals surface area contributed by atoms with Crippen LogP contribution in [-0.4, -0.2) is 25.2 Å². The molecule has 0 bridgehead atoms. The van der Waals surface area contributed by atoms with Gasteiger partial charge in [-0.15, -0.1) is 0 Å². The molecule has 0 fully saturated rings. The number of hydrogen-bond donors (Lipinski definition) is 1. The first-order valence-electron chi connectivity index (χ1n) is 6.86. The summed E-state index contributed by atoms with van der Waals surface area (Å²) in [5.74, 6) is -0.728. The SMILES string of the molecule is C=C(C)C(=O)OCCCCCOC(=O)c1ccc(N)cc1. The highest BCUT2D eigenvalue weighted by Crippen LogP contribution is 2.07. The van der Waals surface area contributed by atoms with Crippen molar-refractivity contribution in [1.82, 2.24) is 0 Å². The van der Waals surface area contributed by atoms with Gasteiger partial charge in [-0.2, -0.15) is 0 Å². The van der Waals surface area contributed by atoms with Crippen molar-refractivity contribution in [3.05, 3.63) is 42.0 Å². The van der Waals surface area contributed by atoms with E-state index in [0.29, 0.717) is 30.0 Å². The number of rotatable bonds is 8. The highest BCUT2D eigenvalue weighted by atomic mass is 16.5. The molecule has 2 N–H and O–H groups in total.